The van der Waals surface area contributed by atoms with Crippen LogP contribution < -0.4 is 10.6 Å². The Bertz CT molecular complexity index is 748. The molecule has 0 unspecified atom stereocenters. The molecule has 2 N–H and O–H groups in total. The average molecular weight is 283 g/mol. The van der Waals surface area contributed by atoms with E-state index in [4.69, 9.17) is 5.73 Å². The fourth-order valence-corrected chi connectivity index (χ4v) is 3.23. The third-order valence-electron chi connectivity index (χ3n) is 3.42. The number of hydrogen-bond donors (Lipinski definition) is 1. The third kappa shape index (κ3) is 2.47. The summed E-state index contributed by atoms with van der Waals surface area (Å²) in [6.45, 7) is 3.01. The van der Waals surface area contributed by atoms with E-state index in [1.165, 1.54) is 16.8 Å². The summed E-state index contributed by atoms with van der Waals surface area (Å²) in [5, 5.41) is 0.629. The van der Waals surface area contributed by atoms with Crippen molar-refractivity contribution in [3.05, 3.63) is 53.6 Å². The highest BCUT2D eigenvalue weighted by atomic mass is 32.1. The zero-order valence-electron chi connectivity index (χ0n) is 11.6. The average Bonchev–Trinajstić information content (AvgIpc) is 2.78. The number of nitrogen functional groups attached to an aromatic ring is 1. The molecule has 0 spiro atoms. The van der Waals surface area contributed by atoms with Crippen molar-refractivity contribution in [2.45, 2.75) is 13.5 Å². The highest BCUT2D eigenvalue weighted by molar-refractivity contribution is 7.22. The van der Waals surface area contributed by atoms with Crippen LogP contribution in [0.4, 0.5) is 10.8 Å². The van der Waals surface area contributed by atoms with Gasteiger partial charge in [0, 0.05) is 19.3 Å². The van der Waals surface area contributed by atoms with E-state index < -0.39 is 0 Å². The molecule has 102 valence electrons. The van der Waals surface area contributed by atoms with E-state index >= 15 is 0 Å². The Hall–Kier alpha value is -2.07. The Labute approximate surface area is 122 Å². The summed E-state index contributed by atoms with van der Waals surface area (Å²) in [6, 6.07) is 14.8. The molecule has 3 nitrogen and oxygen atoms in total. The molecule has 3 rings (SSSR count). The predicted molar refractivity (Wildman–Crippen MR) is 87.3 cm³/mol. The quantitative estimate of drug-likeness (QED) is 0.794. The number of para-hydroxylation sites is 1. The molecular formula is C16H17N3S. The van der Waals surface area contributed by atoms with E-state index in [0.717, 1.165) is 16.8 Å². The van der Waals surface area contributed by atoms with Crippen molar-refractivity contribution in [3.63, 3.8) is 0 Å². The fraction of sp³-hybridized carbons (Fsp3) is 0.188. The first-order chi connectivity index (χ1) is 9.63. The van der Waals surface area contributed by atoms with Crippen LogP contribution in [0.3, 0.4) is 0 Å². The Morgan fingerprint density at radius 1 is 1.20 bits per heavy atom. The monoisotopic (exact) mass is 283 g/mol. The summed E-state index contributed by atoms with van der Waals surface area (Å²) in [7, 11) is 2.12. The number of fused-ring (bicyclic) bond motifs is 1. The molecule has 1 heterocycles. The lowest BCUT2D eigenvalue weighted by atomic mass is 10.1. The van der Waals surface area contributed by atoms with Gasteiger partial charge in [0.15, 0.2) is 5.13 Å². The second kappa shape index (κ2) is 5.13. The van der Waals surface area contributed by atoms with Gasteiger partial charge in [0.05, 0.1) is 10.2 Å². The molecular weight excluding hydrogens is 266 g/mol. The van der Waals surface area contributed by atoms with Crippen molar-refractivity contribution in [2.75, 3.05) is 17.7 Å². The number of benzene rings is 2. The van der Waals surface area contributed by atoms with Crippen molar-refractivity contribution in [2.24, 2.45) is 0 Å². The minimum atomic E-state index is 0.629. The van der Waals surface area contributed by atoms with Gasteiger partial charge >= 0.3 is 0 Å². The molecule has 0 aliphatic heterocycles. The number of thiazole rings is 1. The van der Waals surface area contributed by atoms with Crippen LogP contribution in [0.25, 0.3) is 10.2 Å². The molecule has 0 radical (unpaired) electrons. The summed E-state index contributed by atoms with van der Waals surface area (Å²) < 4.78 is 1.15. The maximum absolute atomic E-state index is 5.75. The van der Waals surface area contributed by atoms with Crippen LogP contribution in [0.5, 0.6) is 0 Å². The molecule has 0 aliphatic rings. The van der Waals surface area contributed by atoms with E-state index in [1.807, 2.05) is 6.07 Å². The zero-order chi connectivity index (χ0) is 14.1. The van der Waals surface area contributed by atoms with E-state index in [1.54, 1.807) is 11.3 Å². The van der Waals surface area contributed by atoms with Gasteiger partial charge in [-0.05, 0) is 36.2 Å². The van der Waals surface area contributed by atoms with Crippen molar-refractivity contribution < 1.29 is 0 Å². The number of hydrogen-bond acceptors (Lipinski definition) is 4. The lowest BCUT2D eigenvalue weighted by Crippen LogP contribution is -2.17. The number of aryl methyl sites for hydroxylation is 1. The number of nitrogens with zero attached hydrogens (tertiary/aromatic N) is 2. The maximum atomic E-state index is 5.75. The summed E-state index contributed by atoms with van der Waals surface area (Å²) in [6.07, 6.45) is 0. The topological polar surface area (TPSA) is 42.2 Å². The Balaban J connectivity index is 1.87. The van der Waals surface area contributed by atoms with Crippen molar-refractivity contribution in [3.8, 4) is 0 Å². The molecule has 0 amide bonds. The standard InChI is InChI=1S/C16H17N3S/c1-11-5-3-4-6-14(11)19(2)10-12-7-8-13-15(9-12)20-16(17)18-13/h3-9H,10H2,1-2H3,(H2,17,18). The van der Waals surface area contributed by atoms with Gasteiger partial charge in [-0.25, -0.2) is 4.98 Å². The molecule has 0 saturated heterocycles. The number of rotatable bonds is 3. The first-order valence-corrected chi connectivity index (χ1v) is 7.37. The second-order valence-electron chi connectivity index (χ2n) is 5.00. The van der Waals surface area contributed by atoms with E-state index in [0.29, 0.717) is 5.13 Å². The Morgan fingerprint density at radius 2 is 2.00 bits per heavy atom. The zero-order valence-corrected chi connectivity index (χ0v) is 12.4. The third-order valence-corrected chi connectivity index (χ3v) is 4.26. The maximum Gasteiger partial charge on any atom is 0.181 e. The summed E-state index contributed by atoms with van der Waals surface area (Å²) in [5.74, 6) is 0. The molecule has 3 aromatic rings. The highest BCUT2D eigenvalue weighted by Crippen LogP contribution is 2.26. The minimum Gasteiger partial charge on any atom is -0.375 e. The lowest BCUT2D eigenvalue weighted by molar-refractivity contribution is 0.919. The smallest absolute Gasteiger partial charge is 0.181 e. The highest BCUT2D eigenvalue weighted by Gasteiger charge is 2.07. The van der Waals surface area contributed by atoms with Gasteiger partial charge in [-0.2, -0.15) is 0 Å². The predicted octanol–water partition coefficient (Wildman–Crippen LogP) is 3.82. The van der Waals surface area contributed by atoms with E-state index in [2.05, 4.69) is 60.3 Å². The van der Waals surface area contributed by atoms with Gasteiger partial charge in [-0.1, -0.05) is 35.6 Å². The fourth-order valence-electron chi connectivity index (χ4n) is 2.44. The van der Waals surface area contributed by atoms with Crippen LogP contribution in [0.1, 0.15) is 11.1 Å². The number of nitrogens with two attached hydrogens (primary N) is 1. The first kappa shape index (κ1) is 12.9. The van der Waals surface area contributed by atoms with Crippen LogP contribution in [0.2, 0.25) is 0 Å². The van der Waals surface area contributed by atoms with E-state index in [-0.39, 0.29) is 0 Å². The van der Waals surface area contributed by atoms with Crippen molar-refractivity contribution in [1.29, 1.82) is 0 Å². The summed E-state index contributed by atoms with van der Waals surface area (Å²) in [4.78, 5) is 6.55. The van der Waals surface area contributed by atoms with Gasteiger partial charge < -0.3 is 10.6 Å². The minimum absolute atomic E-state index is 0.629. The molecule has 0 aliphatic carbocycles. The van der Waals surface area contributed by atoms with Crippen LogP contribution in [0, 0.1) is 6.92 Å². The van der Waals surface area contributed by atoms with Gasteiger partial charge in [-0.3, -0.25) is 0 Å². The SMILES string of the molecule is Cc1ccccc1N(C)Cc1ccc2nc(N)sc2c1. The molecule has 4 heteroatoms. The van der Waals surface area contributed by atoms with Crippen LogP contribution in [-0.4, -0.2) is 12.0 Å². The molecule has 0 atom stereocenters. The first-order valence-electron chi connectivity index (χ1n) is 6.55. The van der Waals surface area contributed by atoms with E-state index in [9.17, 15) is 0 Å². The molecule has 0 saturated carbocycles. The molecule has 2 aromatic carbocycles. The largest absolute Gasteiger partial charge is 0.375 e. The lowest BCUT2D eigenvalue weighted by Gasteiger charge is -2.21. The van der Waals surface area contributed by atoms with Crippen LogP contribution in [-0.2, 0) is 6.54 Å². The Morgan fingerprint density at radius 3 is 2.80 bits per heavy atom. The van der Waals surface area contributed by atoms with Crippen molar-refractivity contribution >= 4 is 32.4 Å². The van der Waals surface area contributed by atoms with Crippen molar-refractivity contribution in [1.82, 2.24) is 4.98 Å². The van der Waals surface area contributed by atoms with Gasteiger partial charge in [-0.15, -0.1) is 0 Å². The number of anilines is 2. The molecule has 0 fully saturated rings. The molecule has 20 heavy (non-hydrogen) atoms. The molecule has 1 aromatic heterocycles. The van der Waals surface area contributed by atoms with Crippen LogP contribution >= 0.6 is 11.3 Å². The normalized spacial score (nSPS) is 10.9. The van der Waals surface area contributed by atoms with Crippen LogP contribution in [0.15, 0.2) is 42.5 Å². The number of aromatic nitrogens is 1. The van der Waals surface area contributed by atoms with Gasteiger partial charge in [0.1, 0.15) is 0 Å². The molecule has 0 bridgehead atoms. The Kier molecular flexibility index (Phi) is 3.32. The summed E-state index contributed by atoms with van der Waals surface area (Å²) in [5.41, 5.74) is 10.6. The van der Waals surface area contributed by atoms with Gasteiger partial charge in [0.2, 0.25) is 0 Å². The van der Waals surface area contributed by atoms with Gasteiger partial charge in [0.25, 0.3) is 0 Å². The summed E-state index contributed by atoms with van der Waals surface area (Å²) >= 11 is 1.54. The second-order valence-corrected chi connectivity index (χ2v) is 6.06.